The maximum Gasteiger partial charge on any atom is 0.269 e. The predicted molar refractivity (Wildman–Crippen MR) is 235 cm³/mol. The lowest BCUT2D eigenvalue weighted by Crippen LogP contribution is -2.60. The lowest BCUT2D eigenvalue weighted by atomic mass is 9.79. The zero-order chi connectivity index (χ0) is 45.0. The van der Waals surface area contributed by atoms with Crippen LogP contribution in [0.15, 0.2) is 54.6 Å². The second-order valence-corrected chi connectivity index (χ2v) is 17.7. The molecule has 1 heterocycles. The molecule has 14 nitrogen and oxygen atoms in total. The number of ether oxygens (including phenoxy) is 2. The van der Waals surface area contributed by atoms with Gasteiger partial charge in [0.2, 0.25) is 17.7 Å². The van der Waals surface area contributed by atoms with Crippen LogP contribution in [0.1, 0.15) is 98.3 Å². The van der Waals surface area contributed by atoms with E-state index in [1.807, 2.05) is 56.1 Å². The highest BCUT2D eigenvalue weighted by molar-refractivity contribution is 5.82. The molecule has 0 aliphatic carbocycles. The first-order chi connectivity index (χ1) is 28.3. The highest BCUT2D eigenvalue weighted by Crippen LogP contribution is 2.32. The molecule has 0 saturated carbocycles. The van der Waals surface area contributed by atoms with Crippen molar-refractivity contribution in [3.8, 4) is 0 Å². The number of likely N-dealkylation sites (N-methyl/N-ethyl adjacent to an activating group) is 2. The Labute approximate surface area is 358 Å². The maximum atomic E-state index is 14.8. The van der Waals surface area contributed by atoms with Crippen molar-refractivity contribution in [3.63, 3.8) is 0 Å². The highest BCUT2D eigenvalue weighted by atomic mass is 16.6. The molecule has 0 radical (unpaired) electrons. The standard InChI is InChI=1S/C46H74N6O8/c1-13-30(6)42(50(10)46(56)39(28(2)3)40(47)41(29(4)5)49(9)27-33-21-23-35(24-22-33)52(57)58)37(59-11)26-38(53)51-25-17-20-36(51)44(60-12)31(7)45(55)48-32(8)43(54)34-18-15-14-16-19-34/h14-16,18-19,21-24,28-32,36-37,39-44,54H,13,17,20,25-27,47H2,1-12H3,(H,48,55)/t30-,31+,32+,36-,37+,39-,40?,41-,42-,43+,44+/m0/s1. The van der Waals surface area contributed by atoms with Crippen LogP contribution in [-0.4, -0.2) is 120 Å². The lowest BCUT2D eigenvalue weighted by molar-refractivity contribution is -0.384. The van der Waals surface area contributed by atoms with Crippen molar-refractivity contribution in [2.75, 3.05) is 34.9 Å². The van der Waals surface area contributed by atoms with Gasteiger partial charge in [-0.25, -0.2) is 0 Å². The second-order valence-electron chi connectivity index (χ2n) is 17.7. The molecule has 336 valence electrons. The minimum atomic E-state index is -0.888. The van der Waals surface area contributed by atoms with Crippen molar-refractivity contribution >= 4 is 23.4 Å². The largest absolute Gasteiger partial charge is 0.386 e. The SMILES string of the molecule is CC[C@H](C)[C@@H]([C@@H](CC(=O)N1CCC[C@H]1[C@H](OC)[C@@H](C)C(=O)N[C@H](C)[C@@H](O)c1ccccc1)OC)N(C)C(=O)[C@@H](C(C)C)C(N)[C@H](C(C)C)N(C)Cc1ccc([N+](=O)[O-])cc1. The van der Waals surface area contributed by atoms with Crippen LogP contribution < -0.4 is 11.1 Å². The number of nitrogens with one attached hydrogen (secondary N) is 1. The third-order valence-corrected chi connectivity index (χ3v) is 12.8. The van der Waals surface area contributed by atoms with Gasteiger partial charge in [-0.05, 0) is 55.7 Å². The summed E-state index contributed by atoms with van der Waals surface area (Å²) in [5.74, 6) is -1.74. The average molecular weight is 839 g/mol. The number of hydrogen-bond donors (Lipinski definition) is 3. The van der Waals surface area contributed by atoms with Crippen molar-refractivity contribution in [1.82, 2.24) is 20.0 Å². The van der Waals surface area contributed by atoms with Gasteiger partial charge in [0.15, 0.2) is 0 Å². The van der Waals surface area contributed by atoms with E-state index in [2.05, 4.69) is 37.9 Å². The Morgan fingerprint density at radius 3 is 2.08 bits per heavy atom. The van der Waals surface area contributed by atoms with E-state index in [1.54, 1.807) is 52.1 Å². The molecule has 2 aromatic carbocycles. The molecule has 1 unspecified atom stereocenters. The van der Waals surface area contributed by atoms with Crippen LogP contribution in [0.25, 0.3) is 0 Å². The van der Waals surface area contributed by atoms with Crippen LogP contribution in [0.2, 0.25) is 0 Å². The molecule has 3 rings (SSSR count). The number of methoxy groups -OCH3 is 2. The number of nitro groups is 1. The normalized spacial score (nSPS) is 19.6. The van der Waals surface area contributed by atoms with Crippen LogP contribution in [0.5, 0.6) is 0 Å². The van der Waals surface area contributed by atoms with Crippen LogP contribution in [-0.2, 0) is 30.4 Å². The number of nitro benzene ring substituents is 1. The Morgan fingerprint density at radius 2 is 1.57 bits per heavy atom. The zero-order valence-corrected chi connectivity index (χ0v) is 38.1. The Kier molecular flexibility index (Phi) is 19.6. The van der Waals surface area contributed by atoms with Gasteiger partial charge in [0.1, 0.15) is 0 Å². The summed E-state index contributed by atoms with van der Waals surface area (Å²) in [6.07, 6.45) is 0.0844. The molecule has 1 aliphatic heterocycles. The highest BCUT2D eigenvalue weighted by Gasteiger charge is 2.45. The predicted octanol–water partition coefficient (Wildman–Crippen LogP) is 5.81. The van der Waals surface area contributed by atoms with Crippen LogP contribution in [0, 0.1) is 39.7 Å². The molecule has 1 saturated heterocycles. The van der Waals surface area contributed by atoms with E-state index < -0.39 is 53.2 Å². The first-order valence-electron chi connectivity index (χ1n) is 21.6. The van der Waals surface area contributed by atoms with Gasteiger partial charge in [0.25, 0.3) is 5.69 Å². The summed E-state index contributed by atoms with van der Waals surface area (Å²) < 4.78 is 12.1. The summed E-state index contributed by atoms with van der Waals surface area (Å²) in [4.78, 5) is 59.2. The first-order valence-corrected chi connectivity index (χ1v) is 21.6. The second kappa shape index (κ2) is 23.3. The van der Waals surface area contributed by atoms with E-state index in [4.69, 9.17) is 15.2 Å². The summed E-state index contributed by atoms with van der Waals surface area (Å²) >= 11 is 0. The van der Waals surface area contributed by atoms with Gasteiger partial charge in [0, 0.05) is 58.6 Å². The summed E-state index contributed by atoms with van der Waals surface area (Å²) in [5, 5.41) is 25.1. The Bertz CT molecular complexity index is 1660. The van der Waals surface area contributed by atoms with E-state index in [0.717, 1.165) is 18.4 Å². The number of nitrogens with zero attached hydrogens (tertiary/aromatic N) is 4. The van der Waals surface area contributed by atoms with Crippen LogP contribution in [0.4, 0.5) is 5.69 Å². The average Bonchev–Trinajstić information content (AvgIpc) is 3.70. The van der Waals surface area contributed by atoms with Crippen LogP contribution in [0.3, 0.4) is 0 Å². The Balaban J connectivity index is 1.80. The molecule has 3 amide bonds. The number of benzene rings is 2. The topological polar surface area (TPSA) is 181 Å². The van der Waals surface area contributed by atoms with Crippen molar-refractivity contribution < 1.29 is 33.9 Å². The fraction of sp³-hybridized carbons (Fsp3) is 0.674. The molecule has 0 bridgehead atoms. The van der Waals surface area contributed by atoms with Gasteiger partial charge in [-0.15, -0.1) is 0 Å². The Morgan fingerprint density at radius 1 is 0.950 bits per heavy atom. The van der Waals surface area contributed by atoms with Gasteiger partial charge >= 0.3 is 0 Å². The molecule has 4 N–H and O–H groups in total. The minimum absolute atomic E-state index is 0.0236. The number of aliphatic hydroxyl groups excluding tert-OH is 1. The fourth-order valence-corrected chi connectivity index (χ4v) is 9.39. The van der Waals surface area contributed by atoms with Gasteiger partial charge in [-0.3, -0.25) is 29.4 Å². The summed E-state index contributed by atoms with van der Waals surface area (Å²) in [7, 11) is 6.90. The summed E-state index contributed by atoms with van der Waals surface area (Å²) in [6, 6.07) is 13.6. The quantitative estimate of drug-likeness (QED) is 0.0914. The summed E-state index contributed by atoms with van der Waals surface area (Å²) in [5.41, 5.74) is 8.78. The monoisotopic (exact) mass is 839 g/mol. The molecule has 0 aromatic heterocycles. The number of likely N-dealkylation sites (tertiary alicyclic amines) is 1. The number of carbonyl (C=O) groups excluding carboxylic acids is 3. The third kappa shape index (κ3) is 12.6. The van der Waals surface area contributed by atoms with Crippen LogP contribution >= 0.6 is 0 Å². The molecule has 2 aromatic rings. The van der Waals surface area contributed by atoms with Crippen molar-refractivity contribution in [2.45, 2.75) is 136 Å². The number of non-ortho nitro benzene ring substituents is 1. The fourth-order valence-electron chi connectivity index (χ4n) is 9.39. The van der Waals surface area contributed by atoms with Crippen molar-refractivity contribution in [3.05, 3.63) is 75.8 Å². The molecular weight excluding hydrogens is 765 g/mol. The molecule has 60 heavy (non-hydrogen) atoms. The molecule has 0 spiro atoms. The van der Waals surface area contributed by atoms with E-state index in [-0.39, 0.29) is 59.7 Å². The van der Waals surface area contributed by atoms with E-state index in [9.17, 15) is 29.6 Å². The van der Waals surface area contributed by atoms with Crippen molar-refractivity contribution in [2.24, 2.45) is 35.3 Å². The van der Waals surface area contributed by atoms with Gasteiger partial charge < -0.3 is 35.4 Å². The minimum Gasteiger partial charge on any atom is -0.386 e. The molecule has 1 fully saturated rings. The van der Waals surface area contributed by atoms with Crippen molar-refractivity contribution in [1.29, 1.82) is 0 Å². The first kappa shape index (κ1) is 50.4. The molecule has 14 heteroatoms. The number of carbonyl (C=O) groups is 3. The number of rotatable bonds is 23. The Hall–Kier alpha value is -3.95. The van der Waals surface area contributed by atoms with E-state index in [1.165, 1.54) is 12.1 Å². The molecule has 1 aliphatic rings. The van der Waals surface area contributed by atoms with E-state index >= 15 is 0 Å². The summed E-state index contributed by atoms with van der Waals surface area (Å²) in [6.45, 7) is 16.9. The van der Waals surface area contributed by atoms with Gasteiger partial charge in [-0.1, -0.05) is 97.4 Å². The number of hydrogen-bond acceptors (Lipinski definition) is 10. The molecular formula is C46H74N6O8. The van der Waals surface area contributed by atoms with E-state index in [0.29, 0.717) is 25.1 Å². The maximum absolute atomic E-state index is 14.8. The van der Waals surface area contributed by atoms with Gasteiger partial charge in [-0.2, -0.15) is 0 Å². The number of amides is 3. The van der Waals surface area contributed by atoms with Gasteiger partial charge in [0.05, 0.1) is 59.6 Å². The smallest absolute Gasteiger partial charge is 0.269 e. The lowest BCUT2D eigenvalue weighted by Gasteiger charge is -2.44. The third-order valence-electron chi connectivity index (χ3n) is 12.8. The molecule has 11 atom stereocenters. The number of aliphatic hydroxyl groups is 1. The number of nitrogens with two attached hydrogens (primary N) is 1. The zero-order valence-electron chi connectivity index (χ0n) is 38.1.